The Labute approximate surface area is 115 Å². The van der Waals surface area contributed by atoms with E-state index in [0.717, 1.165) is 30.8 Å². The largest absolute Gasteiger partial charge is 0.399 e. The van der Waals surface area contributed by atoms with Gasteiger partial charge in [-0.3, -0.25) is 4.79 Å². The molecule has 4 heteroatoms. The Morgan fingerprint density at radius 2 is 2.05 bits per heavy atom. The van der Waals surface area contributed by atoms with Gasteiger partial charge >= 0.3 is 0 Å². The smallest absolute Gasteiger partial charge is 0.227 e. The highest BCUT2D eigenvalue weighted by Crippen LogP contribution is 2.15. The van der Waals surface area contributed by atoms with E-state index in [-0.39, 0.29) is 5.91 Å². The molecule has 104 valence electrons. The standard InChI is InChI=1S/C15H23N3O/c1-17(2)14-4-3-9-18(11-14)15(19)10-12-5-7-13(16)8-6-12/h5-8,14H,3-4,9-11,16H2,1-2H3. The maximum atomic E-state index is 12.3. The summed E-state index contributed by atoms with van der Waals surface area (Å²) >= 11 is 0. The van der Waals surface area contributed by atoms with Gasteiger partial charge in [-0.25, -0.2) is 0 Å². The zero-order valence-electron chi connectivity index (χ0n) is 11.8. The van der Waals surface area contributed by atoms with Crippen molar-refractivity contribution >= 4 is 11.6 Å². The van der Waals surface area contributed by atoms with Crippen molar-refractivity contribution in [1.82, 2.24) is 9.80 Å². The first-order valence-electron chi connectivity index (χ1n) is 6.85. The predicted octanol–water partition coefficient (Wildman–Crippen LogP) is 1.36. The number of piperidine rings is 1. The van der Waals surface area contributed by atoms with E-state index in [4.69, 9.17) is 5.73 Å². The molecule has 2 N–H and O–H groups in total. The fourth-order valence-electron chi connectivity index (χ4n) is 2.52. The normalized spacial score (nSPS) is 19.7. The Kier molecular flexibility index (Phi) is 4.43. The monoisotopic (exact) mass is 261 g/mol. The second-order valence-electron chi connectivity index (χ2n) is 5.52. The lowest BCUT2D eigenvalue weighted by Crippen LogP contribution is -2.47. The average Bonchev–Trinajstić information content (AvgIpc) is 2.41. The highest BCUT2D eigenvalue weighted by molar-refractivity contribution is 5.79. The van der Waals surface area contributed by atoms with Crippen molar-refractivity contribution in [1.29, 1.82) is 0 Å². The number of carbonyl (C=O) groups is 1. The minimum absolute atomic E-state index is 0.219. The van der Waals surface area contributed by atoms with Gasteiger partial charge in [0.25, 0.3) is 0 Å². The molecule has 4 nitrogen and oxygen atoms in total. The van der Waals surface area contributed by atoms with Crippen LogP contribution in [-0.2, 0) is 11.2 Å². The number of nitrogens with two attached hydrogens (primary N) is 1. The summed E-state index contributed by atoms with van der Waals surface area (Å²) in [5.74, 6) is 0.219. The molecular weight excluding hydrogens is 238 g/mol. The van der Waals surface area contributed by atoms with Gasteiger partial charge in [-0.1, -0.05) is 12.1 Å². The molecule has 1 aromatic carbocycles. The number of benzene rings is 1. The van der Waals surface area contributed by atoms with Crippen LogP contribution in [0.5, 0.6) is 0 Å². The second kappa shape index (κ2) is 6.06. The van der Waals surface area contributed by atoms with Crippen molar-refractivity contribution in [2.24, 2.45) is 0 Å². The summed E-state index contributed by atoms with van der Waals surface area (Å²) in [6.45, 7) is 1.74. The molecule has 1 atom stereocenters. The van der Waals surface area contributed by atoms with E-state index in [1.807, 2.05) is 29.2 Å². The number of nitrogens with zero attached hydrogens (tertiary/aromatic N) is 2. The first kappa shape index (κ1) is 13.9. The SMILES string of the molecule is CN(C)C1CCCN(C(=O)Cc2ccc(N)cc2)C1. The lowest BCUT2D eigenvalue weighted by molar-refractivity contribution is -0.132. The summed E-state index contributed by atoms with van der Waals surface area (Å²) in [5.41, 5.74) is 7.42. The molecule has 2 rings (SSSR count). The zero-order valence-corrected chi connectivity index (χ0v) is 11.8. The molecule has 1 fully saturated rings. The maximum absolute atomic E-state index is 12.3. The summed E-state index contributed by atoms with van der Waals surface area (Å²) in [7, 11) is 4.16. The van der Waals surface area contributed by atoms with Gasteiger partial charge in [-0.05, 0) is 44.6 Å². The van der Waals surface area contributed by atoms with E-state index >= 15 is 0 Å². The molecule has 1 heterocycles. The molecule has 0 bridgehead atoms. The number of anilines is 1. The van der Waals surface area contributed by atoms with Crippen LogP contribution in [0.1, 0.15) is 18.4 Å². The molecule has 1 aliphatic rings. The Morgan fingerprint density at radius 3 is 2.68 bits per heavy atom. The number of carbonyl (C=O) groups excluding carboxylic acids is 1. The van der Waals surface area contributed by atoms with Crippen molar-refractivity contribution in [3.05, 3.63) is 29.8 Å². The maximum Gasteiger partial charge on any atom is 0.227 e. The summed E-state index contributed by atoms with van der Waals surface area (Å²) in [6, 6.07) is 8.05. The van der Waals surface area contributed by atoms with Crippen molar-refractivity contribution < 1.29 is 4.79 Å². The second-order valence-corrected chi connectivity index (χ2v) is 5.52. The molecule has 1 saturated heterocycles. The van der Waals surface area contributed by atoms with Crippen molar-refractivity contribution in [2.75, 3.05) is 32.9 Å². The minimum Gasteiger partial charge on any atom is -0.399 e. The number of amides is 1. The molecule has 0 saturated carbocycles. The molecule has 0 radical (unpaired) electrons. The molecule has 1 unspecified atom stereocenters. The summed E-state index contributed by atoms with van der Waals surface area (Å²) in [5, 5.41) is 0. The van der Waals surface area contributed by atoms with Crippen molar-refractivity contribution in [3.8, 4) is 0 Å². The minimum atomic E-state index is 0.219. The van der Waals surface area contributed by atoms with Gasteiger partial charge in [0.05, 0.1) is 6.42 Å². The third-order valence-corrected chi connectivity index (χ3v) is 3.81. The van der Waals surface area contributed by atoms with Crippen LogP contribution in [0.2, 0.25) is 0 Å². The van der Waals surface area contributed by atoms with Crippen LogP contribution in [0.3, 0.4) is 0 Å². The summed E-state index contributed by atoms with van der Waals surface area (Å²) in [4.78, 5) is 16.5. The molecular formula is C15H23N3O. The highest BCUT2D eigenvalue weighted by atomic mass is 16.2. The number of hydrogen-bond acceptors (Lipinski definition) is 3. The fraction of sp³-hybridized carbons (Fsp3) is 0.533. The lowest BCUT2D eigenvalue weighted by Gasteiger charge is -2.36. The van der Waals surface area contributed by atoms with Crippen LogP contribution in [-0.4, -0.2) is 48.9 Å². The topological polar surface area (TPSA) is 49.6 Å². The molecule has 0 spiro atoms. The van der Waals surface area contributed by atoms with E-state index < -0.39 is 0 Å². The van der Waals surface area contributed by atoms with Crippen LogP contribution >= 0.6 is 0 Å². The Morgan fingerprint density at radius 1 is 1.37 bits per heavy atom. The number of hydrogen-bond donors (Lipinski definition) is 1. The summed E-state index contributed by atoms with van der Waals surface area (Å²) in [6.07, 6.45) is 2.75. The number of likely N-dealkylation sites (N-methyl/N-ethyl adjacent to an activating group) is 1. The van der Waals surface area contributed by atoms with Crippen LogP contribution < -0.4 is 5.73 Å². The van der Waals surface area contributed by atoms with Crippen LogP contribution in [0, 0.1) is 0 Å². The van der Waals surface area contributed by atoms with Gasteiger partial charge in [-0.15, -0.1) is 0 Å². The van der Waals surface area contributed by atoms with Gasteiger partial charge in [-0.2, -0.15) is 0 Å². The van der Waals surface area contributed by atoms with Crippen LogP contribution in [0.15, 0.2) is 24.3 Å². The number of likely N-dealkylation sites (tertiary alicyclic amines) is 1. The van der Waals surface area contributed by atoms with E-state index in [1.54, 1.807) is 0 Å². The predicted molar refractivity (Wildman–Crippen MR) is 77.8 cm³/mol. The molecule has 0 aromatic heterocycles. The Hall–Kier alpha value is -1.55. The van der Waals surface area contributed by atoms with E-state index in [9.17, 15) is 4.79 Å². The molecule has 19 heavy (non-hydrogen) atoms. The molecule has 0 aliphatic carbocycles. The molecule has 1 amide bonds. The third-order valence-electron chi connectivity index (χ3n) is 3.81. The van der Waals surface area contributed by atoms with Gasteiger partial charge in [0.15, 0.2) is 0 Å². The number of rotatable bonds is 3. The van der Waals surface area contributed by atoms with Crippen molar-refractivity contribution in [2.45, 2.75) is 25.3 Å². The van der Waals surface area contributed by atoms with E-state index in [0.29, 0.717) is 12.5 Å². The Bertz CT molecular complexity index is 428. The Balaban J connectivity index is 1.94. The van der Waals surface area contributed by atoms with Crippen LogP contribution in [0.4, 0.5) is 5.69 Å². The number of nitrogen functional groups attached to an aromatic ring is 1. The van der Waals surface area contributed by atoms with Crippen LogP contribution in [0.25, 0.3) is 0 Å². The third kappa shape index (κ3) is 3.70. The van der Waals surface area contributed by atoms with Gasteiger partial charge in [0.2, 0.25) is 5.91 Å². The molecule has 1 aromatic rings. The van der Waals surface area contributed by atoms with Gasteiger partial charge < -0.3 is 15.5 Å². The van der Waals surface area contributed by atoms with Gasteiger partial charge in [0, 0.05) is 24.8 Å². The highest BCUT2D eigenvalue weighted by Gasteiger charge is 2.24. The fourth-order valence-corrected chi connectivity index (χ4v) is 2.52. The quantitative estimate of drug-likeness (QED) is 0.836. The first-order valence-corrected chi connectivity index (χ1v) is 6.85. The average molecular weight is 261 g/mol. The van der Waals surface area contributed by atoms with Crippen molar-refractivity contribution in [3.63, 3.8) is 0 Å². The van der Waals surface area contributed by atoms with E-state index in [1.165, 1.54) is 6.42 Å². The van der Waals surface area contributed by atoms with Gasteiger partial charge in [0.1, 0.15) is 0 Å². The first-order chi connectivity index (χ1) is 9.06. The molecule has 1 aliphatic heterocycles. The lowest BCUT2D eigenvalue weighted by atomic mass is 10.0. The zero-order chi connectivity index (χ0) is 13.8. The van der Waals surface area contributed by atoms with E-state index in [2.05, 4.69) is 19.0 Å². The summed E-state index contributed by atoms with van der Waals surface area (Å²) < 4.78 is 0.